The number of anilines is 1. The van der Waals surface area contributed by atoms with Crippen LogP contribution in [0.5, 0.6) is 5.75 Å². The molecular weight excluding hydrogens is 444 g/mol. The van der Waals surface area contributed by atoms with E-state index in [2.05, 4.69) is 10.0 Å². The number of hydrogen-bond donors (Lipinski definition) is 2. The Kier molecular flexibility index (Phi) is 7.81. The summed E-state index contributed by atoms with van der Waals surface area (Å²) < 4.78 is 37.9. The molecule has 0 saturated heterocycles. The maximum atomic E-state index is 13.0. The number of amides is 1. The topological polar surface area (TPSA) is 111 Å². The van der Waals surface area contributed by atoms with Crippen molar-refractivity contribution in [2.75, 3.05) is 12.4 Å². The minimum Gasteiger partial charge on any atom is -0.497 e. The first kappa shape index (κ1) is 24.0. The lowest BCUT2D eigenvalue weighted by molar-refractivity contribution is -0.156. The molecule has 1 amide bonds. The highest BCUT2D eigenvalue weighted by Gasteiger charge is 2.29. The first-order valence-corrected chi connectivity index (χ1v) is 11.6. The molecule has 0 aromatic heterocycles. The molecule has 8 nitrogen and oxygen atoms in total. The fourth-order valence-electron chi connectivity index (χ4n) is 2.95. The molecule has 0 heterocycles. The van der Waals surface area contributed by atoms with Crippen molar-refractivity contribution in [1.82, 2.24) is 4.72 Å². The summed E-state index contributed by atoms with van der Waals surface area (Å²) in [5.41, 5.74) is 0.922. The van der Waals surface area contributed by atoms with Gasteiger partial charge in [0.25, 0.3) is 5.91 Å². The Bertz CT molecular complexity index is 1180. The zero-order valence-electron chi connectivity index (χ0n) is 18.1. The number of rotatable bonds is 9. The molecule has 3 rings (SSSR count). The van der Waals surface area contributed by atoms with Crippen LogP contribution in [-0.2, 0) is 24.3 Å². The summed E-state index contributed by atoms with van der Waals surface area (Å²) in [5.74, 6) is -0.857. The Morgan fingerprint density at radius 1 is 0.848 bits per heavy atom. The van der Waals surface area contributed by atoms with Crippen LogP contribution >= 0.6 is 0 Å². The van der Waals surface area contributed by atoms with Gasteiger partial charge in [-0.1, -0.05) is 48.5 Å². The van der Waals surface area contributed by atoms with E-state index in [0.29, 0.717) is 17.0 Å². The standard InChI is InChI=1S/C24H24N2O6S/c1-17(26-33(29,30)21-11-7-4-8-12-21)24(28)32-22(18-9-5-3-6-10-18)23(27)25-19-13-15-20(31-2)16-14-19/h3-17,22,26H,1-2H3,(H,25,27)/t17-,22?/m0/s1. The summed E-state index contributed by atoms with van der Waals surface area (Å²) in [6.07, 6.45) is -1.29. The van der Waals surface area contributed by atoms with E-state index in [9.17, 15) is 18.0 Å². The van der Waals surface area contributed by atoms with E-state index >= 15 is 0 Å². The van der Waals surface area contributed by atoms with Gasteiger partial charge in [-0.25, -0.2) is 8.42 Å². The SMILES string of the molecule is COc1ccc(NC(=O)C(OC(=O)[C@H](C)NS(=O)(=O)c2ccccc2)c2ccccc2)cc1. The first-order valence-electron chi connectivity index (χ1n) is 10.1. The van der Waals surface area contributed by atoms with Crippen molar-refractivity contribution >= 4 is 27.6 Å². The van der Waals surface area contributed by atoms with Gasteiger partial charge in [0.1, 0.15) is 11.8 Å². The number of ether oxygens (including phenoxy) is 2. The van der Waals surface area contributed by atoms with Crippen LogP contribution in [0.2, 0.25) is 0 Å². The van der Waals surface area contributed by atoms with Gasteiger partial charge in [-0.05, 0) is 43.3 Å². The molecule has 0 radical (unpaired) electrons. The molecule has 0 aliphatic heterocycles. The summed E-state index contributed by atoms with van der Waals surface area (Å²) in [4.78, 5) is 25.7. The van der Waals surface area contributed by atoms with Gasteiger partial charge < -0.3 is 14.8 Å². The molecule has 0 saturated carbocycles. The zero-order valence-corrected chi connectivity index (χ0v) is 18.9. The molecule has 0 bridgehead atoms. The van der Waals surface area contributed by atoms with Crippen LogP contribution in [0.3, 0.4) is 0 Å². The Labute approximate surface area is 192 Å². The number of esters is 1. The molecular formula is C24H24N2O6S. The Hall–Kier alpha value is -3.69. The first-order chi connectivity index (χ1) is 15.8. The number of carbonyl (C=O) groups is 2. The second-order valence-electron chi connectivity index (χ2n) is 7.10. The highest BCUT2D eigenvalue weighted by atomic mass is 32.2. The molecule has 9 heteroatoms. The number of benzene rings is 3. The van der Waals surface area contributed by atoms with Crippen LogP contribution < -0.4 is 14.8 Å². The lowest BCUT2D eigenvalue weighted by atomic mass is 10.1. The maximum Gasteiger partial charge on any atom is 0.325 e. The highest BCUT2D eigenvalue weighted by Crippen LogP contribution is 2.22. The van der Waals surface area contributed by atoms with Gasteiger partial charge in [0.05, 0.1) is 12.0 Å². The molecule has 1 unspecified atom stereocenters. The van der Waals surface area contributed by atoms with Crippen molar-refractivity contribution in [2.45, 2.75) is 24.0 Å². The number of carbonyl (C=O) groups excluding carboxylic acids is 2. The van der Waals surface area contributed by atoms with E-state index in [1.165, 1.54) is 26.2 Å². The van der Waals surface area contributed by atoms with Crippen molar-refractivity contribution in [1.29, 1.82) is 0 Å². The quantitative estimate of drug-likeness (QED) is 0.466. The van der Waals surface area contributed by atoms with Gasteiger partial charge in [0, 0.05) is 11.3 Å². The second-order valence-corrected chi connectivity index (χ2v) is 8.82. The van der Waals surface area contributed by atoms with Crippen molar-refractivity contribution in [2.24, 2.45) is 0 Å². The van der Waals surface area contributed by atoms with Crippen molar-refractivity contribution in [3.63, 3.8) is 0 Å². The minimum absolute atomic E-state index is 0.0153. The smallest absolute Gasteiger partial charge is 0.325 e. The van der Waals surface area contributed by atoms with Gasteiger partial charge in [-0.15, -0.1) is 0 Å². The van der Waals surface area contributed by atoms with Crippen LogP contribution in [-0.4, -0.2) is 33.4 Å². The predicted molar refractivity (Wildman–Crippen MR) is 123 cm³/mol. The third-order valence-electron chi connectivity index (χ3n) is 4.67. The summed E-state index contributed by atoms with van der Waals surface area (Å²) in [6.45, 7) is 1.35. The average Bonchev–Trinajstić information content (AvgIpc) is 2.83. The van der Waals surface area contributed by atoms with E-state index in [0.717, 1.165) is 0 Å². The third kappa shape index (κ3) is 6.41. The molecule has 0 aliphatic carbocycles. The average molecular weight is 469 g/mol. The molecule has 2 N–H and O–H groups in total. The Morgan fingerprint density at radius 3 is 2.00 bits per heavy atom. The molecule has 3 aromatic carbocycles. The number of sulfonamides is 1. The maximum absolute atomic E-state index is 13.0. The van der Waals surface area contributed by atoms with Gasteiger partial charge in [0.2, 0.25) is 16.1 Å². The summed E-state index contributed by atoms with van der Waals surface area (Å²) in [6, 6.07) is 21.6. The monoisotopic (exact) mass is 468 g/mol. The second kappa shape index (κ2) is 10.8. The van der Waals surface area contributed by atoms with Crippen LogP contribution in [0, 0.1) is 0 Å². The van der Waals surface area contributed by atoms with E-state index in [1.807, 2.05) is 0 Å². The fraction of sp³-hybridized carbons (Fsp3) is 0.167. The van der Waals surface area contributed by atoms with E-state index < -0.39 is 34.0 Å². The molecule has 0 aliphatic rings. The lowest BCUT2D eigenvalue weighted by Gasteiger charge is -2.21. The van der Waals surface area contributed by atoms with Crippen LogP contribution in [0.4, 0.5) is 5.69 Å². The van der Waals surface area contributed by atoms with E-state index in [1.54, 1.807) is 72.8 Å². The largest absolute Gasteiger partial charge is 0.497 e. The summed E-state index contributed by atoms with van der Waals surface area (Å²) in [5, 5.41) is 2.70. The molecule has 3 aromatic rings. The predicted octanol–water partition coefficient (Wildman–Crippen LogP) is 3.29. The van der Waals surface area contributed by atoms with Crippen LogP contribution in [0.15, 0.2) is 89.8 Å². The normalized spacial score (nSPS) is 12.9. The Balaban J connectivity index is 1.75. The van der Waals surface area contributed by atoms with Gasteiger partial charge in [-0.3, -0.25) is 9.59 Å². The van der Waals surface area contributed by atoms with Crippen LogP contribution in [0.1, 0.15) is 18.6 Å². The van der Waals surface area contributed by atoms with Crippen LogP contribution in [0.25, 0.3) is 0 Å². The number of methoxy groups -OCH3 is 1. The summed E-state index contributed by atoms with van der Waals surface area (Å²) >= 11 is 0. The lowest BCUT2D eigenvalue weighted by Crippen LogP contribution is -2.41. The van der Waals surface area contributed by atoms with Gasteiger partial charge in [0.15, 0.2) is 0 Å². The minimum atomic E-state index is -3.94. The van der Waals surface area contributed by atoms with Gasteiger partial charge >= 0.3 is 5.97 Å². The van der Waals surface area contributed by atoms with Crippen molar-refractivity contribution < 1.29 is 27.5 Å². The third-order valence-corrected chi connectivity index (χ3v) is 6.23. The molecule has 2 atom stereocenters. The number of nitrogens with one attached hydrogen (secondary N) is 2. The molecule has 0 fully saturated rings. The van der Waals surface area contributed by atoms with Crippen molar-refractivity contribution in [3.8, 4) is 5.75 Å². The van der Waals surface area contributed by atoms with E-state index in [-0.39, 0.29) is 4.90 Å². The molecule has 33 heavy (non-hydrogen) atoms. The molecule has 0 spiro atoms. The fourth-order valence-corrected chi connectivity index (χ4v) is 4.16. The van der Waals surface area contributed by atoms with Crippen molar-refractivity contribution in [3.05, 3.63) is 90.5 Å². The zero-order chi connectivity index (χ0) is 23.8. The number of hydrogen-bond acceptors (Lipinski definition) is 6. The Morgan fingerprint density at radius 2 is 1.42 bits per heavy atom. The van der Waals surface area contributed by atoms with E-state index in [4.69, 9.17) is 9.47 Å². The summed E-state index contributed by atoms with van der Waals surface area (Å²) in [7, 11) is -2.41. The highest BCUT2D eigenvalue weighted by molar-refractivity contribution is 7.89. The molecule has 172 valence electrons. The van der Waals surface area contributed by atoms with Gasteiger partial charge in [-0.2, -0.15) is 4.72 Å².